The Morgan fingerprint density at radius 2 is 2.31 bits per heavy atom. The maximum absolute atomic E-state index is 8.76. The highest BCUT2D eigenvalue weighted by Crippen LogP contribution is 2.09. The second-order valence-electron chi connectivity index (χ2n) is 3.82. The fourth-order valence-electron chi connectivity index (χ4n) is 1.75. The molecule has 3 nitrogen and oxygen atoms in total. The minimum atomic E-state index is 0.275. The van der Waals surface area contributed by atoms with E-state index in [2.05, 4.69) is 12.2 Å². The van der Waals surface area contributed by atoms with Crippen molar-refractivity contribution in [2.24, 2.45) is 0 Å². The van der Waals surface area contributed by atoms with Crippen molar-refractivity contribution in [3.8, 4) is 0 Å². The first-order valence-corrected chi connectivity index (χ1v) is 5.27. The number of aliphatic hydroxyl groups is 1. The lowest BCUT2D eigenvalue weighted by molar-refractivity contribution is 0.142. The van der Waals surface area contributed by atoms with Gasteiger partial charge in [-0.15, -0.1) is 0 Å². The first-order chi connectivity index (χ1) is 6.33. The van der Waals surface area contributed by atoms with Crippen molar-refractivity contribution in [2.75, 3.05) is 19.8 Å². The Kier molecular flexibility index (Phi) is 5.35. The third-order valence-corrected chi connectivity index (χ3v) is 2.53. The summed E-state index contributed by atoms with van der Waals surface area (Å²) in [6.45, 7) is 4.19. The molecule has 1 saturated heterocycles. The van der Waals surface area contributed by atoms with Gasteiger partial charge in [-0.2, -0.15) is 0 Å². The fourth-order valence-corrected chi connectivity index (χ4v) is 1.75. The van der Waals surface area contributed by atoms with Gasteiger partial charge in [0.15, 0.2) is 0 Å². The Hall–Kier alpha value is -0.120. The fraction of sp³-hybridized carbons (Fsp3) is 1.00. The van der Waals surface area contributed by atoms with E-state index in [0.29, 0.717) is 12.1 Å². The van der Waals surface area contributed by atoms with E-state index >= 15 is 0 Å². The molecule has 0 aromatic heterocycles. The van der Waals surface area contributed by atoms with Crippen LogP contribution in [0.5, 0.6) is 0 Å². The lowest BCUT2D eigenvalue weighted by atomic mass is 10.1. The third kappa shape index (κ3) is 4.60. The van der Waals surface area contributed by atoms with Crippen LogP contribution in [0.2, 0.25) is 0 Å². The number of aliphatic hydroxyl groups excluding tert-OH is 1. The van der Waals surface area contributed by atoms with Crippen LogP contribution in [0.4, 0.5) is 0 Å². The van der Waals surface area contributed by atoms with Crippen LogP contribution in [-0.4, -0.2) is 37.0 Å². The Morgan fingerprint density at radius 1 is 1.46 bits per heavy atom. The quantitative estimate of drug-likeness (QED) is 0.687. The Morgan fingerprint density at radius 3 is 3.08 bits per heavy atom. The van der Waals surface area contributed by atoms with E-state index in [-0.39, 0.29) is 6.61 Å². The zero-order chi connectivity index (χ0) is 9.52. The van der Waals surface area contributed by atoms with Gasteiger partial charge >= 0.3 is 0 Å². The van der Waals surface area contributed by atoms with Crippen LogP contribution in [0.1, 0.15) is 32.6 Å². The zero-order valence-corrected chi connectivity index (χ0v) is 8.46. The van der Waals surface area contributed by atoms with Crippen LogP contribution < -0.4 is 5.32 Å². The second-order valence-corrected chi connectivity index (χ2v) is 3.82. The molecule has 2 unspecified atom stereocenters. The second kappa shape index (κ2) is 6.35. The summed E-state index contributed by atoms with van der Waals surface area (Å²) in [6.07, 6.45) is 4.31. The highest BCUT2D eigenvalue weighted by molar-refractivity contribution is 4.73. The minimum absolute atomic E-state index is 0.275. The number of hydrogen-bond acceptors (Lipinski definition) is 3. The third-order valence-electron chi connectivity index (χ3n) is 2.53. The van der Waals surface area contributed by atoms with Crippen molar-refractivity contribution in [1.82, 2.24) is 5.32 Å². The van der Waals surface area contributed by atoms with Crippen LogP contribution >= 0.6 is 0 Å². The number of nitrogens with one attached hydrogen (secondary N) is 1. The molecule has 78 valence electrons. The van der Waals surface area contributed by atoms with Gasteiger partial charge in [0.1, 0.15) is 0 Å². The summed E-state index contributed by atoms with van der Waals surface area (Å²) < 4.78 is 5.38. The maximum atomic E-state index is 8.76. The number of hydrogen-bond donors (Lipinski definition) is 2. The topological polar surface area (TPSA) is 41.5 Å². The van der Waals surface area contributed by atoms with Crippen LogP contribution in [0.15, 0.2) is 0 Å². The van der Waals surface area contributed by atoms with E-state index in [1.807, 2.05) is 0 Å². The first kappa shape index (κ1) is 11.0. The van der Waals surface area contributed by atoms with Gasteiger partial charge in [0, 0.05) is 31.9 Å². The van der Waals surface area contributed by atoms with Crippen LogP contribution in [0, 0.1) is 0 Å². The normalized spacial score (nSPS) is 26.8. The average Bonchev–Trinajstić information content (AvgIpc) is 2.33. The van der Waals surface area contributed by atoms with Crippen molar-refractivity contribution < 1.29 is 9.84 Å². The van der Waals surface area contributed by atoms with Gasteiger partial charge in [0.05, 0.1) is 0 Å². The molecule has 1 aliphatic rings. The molecule has 13 heavy (non-hydrogen) atoms. The molecule has 1 fully saturated rings. The first-order valence-electron chi connectivity index (χ1n) is 5.27. The van der Waals surface area contributed by atoms with Crippen molar-refractivity contribution in [2.45, 2.75) is 44.7 Å². The largest absolute Gasteiger partial charge is 0.396 e. The van der Waals surface area contributed by atoms with Gasteiger partial charge in [-0.25, -0.2) is 0 Å². The summed E-state index contributed by atoms with van der Waals surface area (Å²) in [5.41, 5.74) is 0. The van der Waals surface area contributed by atoms with Crippen LogP contribution in [-0.2, 0) is 4.74 Å². The minimum Gasteiger partial charge on any atom is -0.396 e. The Labute approximate surface area is 80.5 Å². The van der Waals surface area contributed by atoms with Gasteiger partial charge < -0.3 is 15.2 Å². The molecule has 0 spiro atoms. The average molecular weight is 187 g/mol. The summed E-state index contributed by atoms with van der Waals surface area (Å²) in [5, 5.41) is 12.3. The molecule has 3 heteroatoms. The van der Waals surface area contributed by atoms with Crippen molar-refractivity contribution in [1.29, 1.82) is 0 Å². The molecular weight excluding hydrogens is 166 g/mol. The van der Waals surface area contributed by atoms with Crippen LogP contribution in [0.25, 0.3) is 0 Å². The summed E-state index contributed by atoms with van der Waals surface area (Å²) >= 11 is 0. The molecule has 0 amide bonds. The molecule has 0 aliphatic carbocycles. The molecule has 0 aromatic carbocycles. The van der Waals surface area contributed by atoms with E-state index < -0.39 is 0 Å². The molecule has 0 radical (unpaired) electrons. The molecule has 1 rings (SSSR count). The number of rotatable bonds is 4. The van der Waals surface area contributed by atoms with Crippen LogP contribution in [0.3, 0.4) is 0 Å². The highest BCUT2D eigenvalue weighted by atomic mass is 16.5. The molecule has 2 atom stereocenters. The van der Waals surface area contributed by atoms with E-state index in [4.69, 9.17) is 9.84 Å². The van der Waals surface area contributed by atoms with Gasteiger partial charge in [0.25, 0.3) is 0 Å². The molecule has 1 heterocycles. The molecule has 0 bridgehead atoms. The SMILES string of the molecule is CC(CCO)NC1CCCOCC1. The predicted molar refractivity (Wildman–Crippen MR) is 52.8 cm³/mol. The molecule has 0 aromatic rings. The van der Waals surface area contributed by atoms with Crippen molar-refractivity contribution in [3.63, 3.8) is 0 Å². The lowest BCUT2D eigenvalue weighted by Gasteiger charge is -2.20. The van der Waals surface area contributed by atoms with Gasteiger partial charge in [-0.3, -0.25) is 0 Å². The van der Waals surface area contributed by atoms with Gasteiger partial charge in [-0.1, -0.05) is 0 Å². The van der Waals surface area contributed by atoms with Crippen molar-refractivity contribution in [3.05, 3.63) is 0 Å². The summed E-state index contributed by atoms with van der Waals surface area (Å²) in [4.78, 5) is 0. The maximum Gasteiger partial charge on any atom is 0.0480 e. The van der Waals surface area contributed by atoms with E-state index in [1.54, 1.807) is 0 Å². The summed E-state index contributed by atoms with van der Waals surface area (Å²) in [5.74, 6) is 0. The standard InChI is InChI=1S/C10H21NO2/c1-9(4-6-12)11-10-3-2-7-13-8-5-10/h9-12H,2-8H2,1H3. The zero-order valence-electron chi connectivity index (χ0n) is 8.46. The predicted octanol–water partition coefficient (Wildman–Crippen LogP) is 0.916. The Balaban J connectivity index is 2.17. The summed E-state index contributed by atoms with van der Waals surface area (Å²) in [6, 6.07) is 1.01. The summed E-state index contributed by atoms with van der Waals surface area (Å²) in [7, 11) is 0. The van der Waals surface area contributed by atoms with Crippen molar-refractivity contribution >= 4 is 0 Å². The smallest absolute Gasteiger partial charge is 0.0480 e. The van der Waals surface area contributed by atoms with E-state index in [0.717, 1.165) is 32.5 Å². The Bertz CT molecular complexity index is 122. The van der Waals surface area contributed by atoms with E-state index in [9.17, 15) is 0 Å². The molecule has 2 N–H and O–H groups in total. The molecule has 1 aliphatic heterocycles. The molecule has 0 saturated carbocycles. The highest BCUT2D eigenvalue weighted by Gasteiger charge is 2.13. The van der Waals surface area contributed by atoms with Gasteiger partial charge in [-0.05, 0) is 32.6 Å². The van der Waals surface area contributed by atoms with Gasteiger partial charge in [0.2, 0.25) is 0 Å². The molecular formula is C10H21NO2. The monoisotopic (exact) mass is 187 g/mol. The van der Waals surface area contributed by atoms with E-state index in [1.165, 1.54) is 6.42 Å². The lowest BCUT2D eigenvalue weighted by Crippen LogP contribution is -2.37. The number of ether oxygens (including phenoxy) is 1.